The van der Waals surface area contributed by atoms with E-state index in [-0.39, 0.29) is 10.8 Å². The Morgan fingerprint density at radius 3 is 2.55 bits per heavy atom. The summed E-state index contributed by atoms with van der Waals surface area (Å²) in [5, 5.41) is 37.7. The van der Waals surface area contributed by atoms with Crippen molar-refractivity contribution in [2.24, 2.45) is 33.7 Å². The van der Waals surface area contributed by atoms with E-state index in [1.165, 1.54) is 5.57 Å². The number of aliphatic hydroxyl groups is 2. The van der Waals surface area contributed by atoms with Gasteiger partial charge in [-0.2, -0.15) is 0 Å². The second kappa shape index (κ2) is 10.7. The van der Waals surface area contributed by atoms with Crippen LogP contribution < -0.4 is 5.32 Å². The normalized spacial score (nSPS) is 37.1. The zero-order chi connectivity index (χ0) is 28.7. The lowest BCUT2D eigenvalue weighted by Gasteiger charge is -2.58. The molecule has 0 radical (unpaired) electrons. The molecule has 0 heterocycles. The summed E-state index contributed by atoms with van der Waals surface area (Å²) >= 11 is 0. The van der Waals surface area contributed by atoms with Crippen LogP contribution in [-0.4, -0.2) is 51.2 Å². The van der Waals surface area contributed by atoms with Gasteiger partial charge in [0.25, 0.3) is 5.91 Å². The van der Waals surface area contributed by atoms with Crippen LogP contribution in [-0.2, 0) is 14.4 Å². The van der Waals surface area contributed by atoms with Crippen LogP contribution in [0.1, 0.15) is 76.9 Å². The number of nitrogens with one attached hydrogen (secondary N) is 1. The van der Waals surface area contributed by atoms with Gasteiger partial charge >= 0.3 is 5.97 Å². The maximum Gasteiger partial charge on any atom is 0.329 e. The molecule has 8 heteroatoms. The van der Waals surface area contributed by atoms with E-state index < -0.39 is 36.2 Å². The number of terminal acetylenes is 1. The Morgan fingerprint density at radius 1 is 1.12 bits per heavy atom. The zero-order valence-corrected chi connectivity index (χ0v) is 23.3. The molecule has 1 amide bonds. The van der Waals surface area contributed by atoms with Crippen molar-refractivity contribution in [3.63, 3.8) is 0 Å². The van der Waals surface area contributed by atoms with Gasteiger partial charge in [0.15, 0.2) is 12.6 Å². The van der Waals surface area contributed by atoms with Gasteiger partial charge in [-0.3, -0.25) is 4.79 Å². The number of carbonyl (C=O) groups is 2. The minimum Gasteiger partial charge on any atom is -0.480 e. The summed E-state index contributed by atoms with van der Waals surface area (Å²) < 4.78 is 0. The van der Waals surface area contributed by atoms with Gasteiger partial charge in [0, 0.05) is 5.41 Å². The zero-order valence-electron chi connectivity index (χ0n) is 23.3. The van der Waals surface area contributed by atoms with Crippen molar-refractivity contribution in [2.75, 3.05) is 6.61 Å². The number of nitrogens with zero attached hydrogens (tertiary/aromatic N) is 1. The lowest BCUT2D eigenvalue weighted by Crippen LogP contribution is -2.54. The molecule has 0 saturated heterocycles. The van der Waals surface area contributed by atoms with E-state index in [0.717, 1.165) is 50.7 Å². The van der Waals surface area contributed by atoms with E-state index in [1.54, 1.807) is 30.3 Å². The molecule has 4 aliphatic rings. The Labute approximate surface area is 235 Å². The first-order valence-corrected chi connectivity index (χ1v) is 14.4. The molecule has 3 fully saturated rings. The van der Waals surface area contributed by atoms with Crippen LogP contribution in [0.4, 0.5) is 0 Å². The number of oxime groups is 1. The van der Waals surface area contributed by atoms with Crippen molar-refractivity contribution in [3.8, 4) is 12.3 Å². The van der Waals surface area contributed by atoms with Crippen molar-refractivity contribution in [2.45, 2.75) is 83.0 Å². The van der Waals surface area contributed by atoms with Crippen LogP contribution in [0.15, 0.2) is 47.1 Å². The smallest absolute Gasteiger partial charge is 0.329 e. The van der Waals surface area contributed by atoms with Crippen molar-refractivity contribution in [1.29, 1.82) is 0 Å². The molecule has 0 aromatic heterocycles. The van der Waals surface area contributed by atoms with Gasteiger partial charge in [-0.15, -0.1) is 6.42 Å². The fourth-order valence-electron chi connectivity index (χ4n) is 8.40. The number of aliphatic carboxylic acids is 1. The second-order valence-electron chi connectivity index (χ2n) is 12.6. The Morgan fingerprint density at radius 2 is 1.85 bits per heavy atom. The molecule has 4 aliphatic carbocycles. The first kappa shape index (κ1) is 28.4. The maximum absolute atomic E-state index is 12.4. The Hall–Kier alpha value is -3.15. The maximum atomic E-state index is 12.4. The number of fused-ring (bicyclic) bond motifs is 5. The number of allylic oxidation sites excluding steroid dienone is 2. The molecule has 3 saturated carbocycles. The quantitative estimate of drug-likeness (QED) is 0.301. The molecule has 4 N–H and O–H groups in total. The molecule has 1 aromatic rings. The van der Waals surface area contributed by atoms with Crippen LogP contribution in [0.3, 0.4) is 0 Å². The van der Waals surface area contributed by atoms with Crippen molar-refractivity contribution in [1.82, 2.24) is 5.32 Å². The van der Waals surface area contributed by atoms with E-state index >= 15 is 0 Å². The first-order chi connectivity index (χ1) is 19.0. The molecule has 0 bridgehead atoms. The predicted molar refractivity (Wildman–Crippen MR) is 150 cm³/mol. The highest BCUT2D eigenvalue weighted by molar-refractivity contribution is 5.96. The minimum absolute atomic E-state index is 0.0692. The number of benzene rings is 1. The number of hydrogen-bond donors (Lipinski definition) is 4. The number of aliphatic hydroxyl groups excluding tert-OH is 1. The van der Waals surface area contributed by atoms with E-state index in [1.807, 2.05) is 0 Å². The van der Waals surface area contributed by atoms with Crippen LogP contribution in [0.2, 0.25) is 0 Å². The number of amides is 1. The summed E-state index contributed by atoms with van der Waals surface area (Å²) in [5.41, 5.74) is 1.40. The van der Waals surface area contributed by atoms with Gasteiger partial charge in [-0.05, 0) is 86.2 Å². The first-order valence-electron chi connectivity index (χ1n) is 14.4. The van der Waals surface area contributed by atoms with Gasteiger partial charge < -0.3 is 25.5 Å². The highest BCUT2D eigenvalue weighted by Crippen LogP contribution is 2.67. The molecule has 8 atom stereocenters. The van der Waals surface area contributed by atoms with Crippen LogP contribution >= 0.6 is 0 Å². The third kappa shape index (κ3) is 4.73. The predicted octanol–water partition coefficient (Wildman–Crippen LogP) is 3.99. The van der Waals surface area contributed by atoms with E-state index in [4.69, 9.17) is 11.3 Å². The summed E-state index contributed by atoms with van der Waals surface area (Å²) in [7, 11) is 0. The van der Waals surface area contributed by atoms with Crippen molar-refractivity contribution >= 4 is 17.6 Å². The van der Waals surface area contributed by atoms with Gasteiger partial charge in [0.1, 0.15) is 11.7 Å². The number of rotatable bonds is 7. The van der Waals surface area contributed by atoms with Gasteiger partial charge in [0.2, 0.25) is 0 Å². The lowest BCUT2D eigenvalue weighted by atomic mass is 9.46. The topological polar surface area (TPSA) is 128 Å². The Balaban J connectivity index is 1.21. The number of carbonyl (C=O) groups excluding carboxylic acids is 1. The van der Waals surface area contributed by atoms with Crippen LogP contribution in [0.25, 0.3) is 0 Å². The molecule has 0 aliphatic heterocycles. The molecule has 5 unspecified atom stereocenters. The molecule has 1 aromatic carbocycles. The van der Waals surface area contributed by atoms with Crippen LogP contribution in [0, 0.1) is 40.9 Å². The molecular weight excluding hydrogens is 508 g/mol. The number of carboxylic acids is 1. The van der Waals surface area contributed by atoms with Gasteiger partial charge in [-0.1, -0.05) is 60.8 Å². The molecule has 40 heavy (non-hydrogen) atoms. The molecule has 8 nitrogen and oxygen atoms in total. The largest absolute Gasteiger partial charge is 0.480 e. The SMILES string of the molecule is C#C[C@]1(O)CCC2C3CCC4=CC(=NOCC(=O)NC(C(=O)O)C(O)c5ccccc5)CC[C@]4(C)C3CC[C@@]21C. The number of carboxylic acid groups (broad SMARTS) is 1. The summed E-state index contributed by atoms with van der Waals surface area (Å²) in [4.78, 5) is 29.5. The average molecular weight is 549 g/mol. The number of hydrogen-bond acceptors (Lipinski definition) is 6. The average Bonchev–Trinajstić information content (AvgIpc) is 3.22. The third-order valence-corrected chi connectivity index (χ3v) is 10.8. The second-order valence-corrected chi connectivity index (χ2v) is 12.6. The van der Waals surface area contributed by atoms with Crippen molar-refractivity contribution in [3.05, 3.63) is 47.5 Å². The fraction of sp³-hybridized carbons (Fsp3) is 0.594. The van der Waals surface area contributed by atoms with E-state index in [9.17, 15) is 24.9 Å². The van der Waals surface area contributed by atoms with E-state index in [0.29, 0.717) is 29.7 Å². The molecule has 0 spiro atoms. The van der Waals surface area contributed by atoms with Crippen molar-refractivity contribution < 1.29 is 29.7 Å². The van der Waals surface area contributed by atoms with E-state index in [2.05, 4.69) is 36.3 Å². The van der Waals surface area contributed by atoms with Crippen LogP contribution in [0.5, 0.6) is 0 Å². The van der Waals surface area contributed by atoms with Gasteiger partial charge in [0.05, 0.1) is 5.71 Å². The summed E-state index contributed by atoms with van der Waals surface area (Å²) in [6.07, 6.45) is 13.9. The highest BCUT2D eigenvalue weighted by Gasteiger charge is 2.63. The molecular formula is C32H40N2O6. The Bertz CT molecular complexity index is 1250. The fourth-order valence-corrected chi connectivity index (χ4v) is 8.40. The third-order valence-electron chi connectivity index (χ3n) is 10.8. The summed E-state index contributed by atoms with van der Waals surface area (Å²) in [6, 6.07) is 6.83. The monoisotopic (exact) mass is 548 g/mol. The highest BCUT2D eigenvalue weighted by atomic mass is 16.6. The molecule has 5 rings (SSSR count). The molecule has 214 valence electrons. The minimum atomic E-state index is -1.51. The lowest BCUT2D eigenvalue weighted by molar-refractivity contribution is -0.146. The standard InChI is InChI=1S/C32H40N2O6/c1-4-32(39)17-14-25-23-11-10-21-18-22(12-15-30(21,2)24(23)13-16-31(25,32)3)34-40-19-26(35)33-27(29(37)38)28(36)20-8-6-5-7-9-20/h1,5-9,18,23-25,27-28,36,39H,10-17,19H2,2-3H3,(H,33,35)(H,37,38)/t23?,24?,25?,27?,28?,30-,31-,32-/m0/s1. The summed E-state index contributed by atoms with van der Waals surface area (Å²) in [5.74, 6) is 2.27. The van der Waals surface area contributed by atoms with Gasteiger partial charge in [-0.25, -0.2) is 4.79 Å². The summed E-state index contributed by atoms with van der Waals surface area (Å²) in [6.45, 7) is 4.13. The Kier molecular flexibility index (Phi) is 7.58.